The first-order valence-electron chi connectivity index (χ1n) is 7.22. The average molecular weight is 270 g/mol. The number of aromatic amines is 1. The van der Waals surface area contributed by atoms with Crippen molar-refractivity contribution in [3.05, 3.63) is 35.5 Å². The van der Waals surface area contributed by atoms with Crippen LogP contribution in [0.1, 0.15) is 30.1 Å². The number of amides is 1. The van der Waals surface area contributed by atoms with Crippen LogP contribution < -0.4 is 0 Å². The number of hydrogen-bond donors (Lipinski definition) is 1. The Balaban J connectivity index is 1.88. The highest BCUT2D eigenvalue weighted by atomic mass is 16.5. The maximum absolute atomic E-state index is 12.0. The highest BCUT2D eigenvalue weighted by molar-refractivity contribution is 5.86. The molecule has 1 aliphatic heterocycles. The van der Waals surface area contributed by atoms with E-state index in [2.05, 4.69) is 29.2 Å². The summed E-state index contributed by atoms with van der Waals surface area (Å²) in [5, 5.41) is 1.25. The van der Waals surface area contributed by atoms with E-state index in [0.29, 0.717) is 5.92 Å². The molecule has 0 radical (unpaired) electrons. The van der Waals surface area contributed by atoms with E-state index >= 15 is 0 Å². The first kappa shape index (κ1) is 11.8. The lowest BCUT2D eigenvalue weighted by Crippen LogP contribution is -2.43. The molecule has 2 heterocycles. The molecule has 20 heavy (non-hydrogen) atoms. The molecule has 2 atom stereocenters. The summed E-state index contributed by atoms with van der Waals surface area (Å²) in [6.07, 6.45) is 3.03. The van der Waals surface area contributed by atoms with Crippen molar-refractivity contribution in [1.29, 1.82) is 0 Å². The van der Waals surface area contributed by atoms with E-state index in [1.165, 1.54) is 29.3 Å². The number of nitrogens with zero attached hydrogens (tertiary/aromatic N) is 1. The number of para-hydroxylation sites is 1. The summed E-state index contributed by atoms with van der Waals surface area (Å²) in [4.78, 5) is 17.5. The van der Waals surface area contributed by atoms with Crippen LogP contribution in [0.25, 0.3) is 10.9 Å². The van der Waals surface area contributed by atoms with Crippen molar-refractivity contribution in [1.82, 2.24) is 9.88 Å². The molecule has 1 aliphatic carbocycles. The van der Waals surface area contributed by atoms with Crippen molar-refractivity contribution >= 4 is 17.0 Å². The van der Waals surface area contributed by atoms with E-state index in [0.717, 1.165) is 25.8 Å². The summed E-state index contributed by atoms with van der Waals surface area (Å²) in [7, 11) is 1.47. The molecule has 4 rings (SSSR count). The molecule has 2 aromatic rings. The lowest BCUT2D eigenvalue weighted by atomic mass is 9.78. The van der Waals surface area contributed by atoms with Crippen LogP contribution in [-0.4, -0.2) is 29.6 Å². The second-order valence-electron chi connectivity index (χ2n) is 5.84. The quantitative estimate of drug-likeness (QED) is 0.798. The van der Waals surface area contributed by atoms with Crippen molar-refractivity contribution in [2.45, 2.75) is 25.3 Å². The molecule has 0 saturated carbocycles. The molecule has 1 saturated heterocycles. The van der Waals surface area contributed by atoms with E-state index in [9.17, 15) is 4.79 Å². The standard InChI is InChI=1S/C16H18N2O2/c1-20-16(19)18-7-6-10-8-13-15(14(18)9-10)11-4-2-3-5-12(11)17-13/h2-5,10,14,17H,6-9H2,1H3. The molecule has 2 unspecified atom stereocenters. The summed E-state index contributed by atoms with van der Waals surface area (Å²) < 4.78 is 4.96. The van der Waals surface area contributed by atoms with Gasteiger partial charge in [-0.25, -0.2) is 4.79 Å². The van der Waals surface area contributed by atoms with Crippen molar-refractivity contribution < 1.29 is 9.53 Å². The van der Waals surface area contributed by atoms with Crippen molar-refractivity contribution in [3.63, 3.8) is 0 Å². The summed E-state index contributed by atoms with van der Waals surface area (Å²) in [6, 6.07) is 8.54. The number of carbonyl (C=O) groups is 1. The highest BCUT2D eigenvalue weighted by Crippen LogP contribution is 2.45. The van der Waals surface area contributed by atoms with Gasteiger partial charge in [0.05, 0.1) is 13.2 Å². The van der Waals surface area contributed by atoms with Gasteiger partial charge in [-0.2, -0.15) is 0 Å². The Labute approximate surface area is 117 Å². The van der Waals surface area contributed by atoms with E-state index in [4.69, 9.17) is 4.74 Å². The van der Waals surface area contributed by atoms with Gasteiger partial charge in [0.15, 0.2) is 0 Å². The first-order valence-corrected chi connectivity index (χ1v) is 7.22. The predicted molar refractivity (Wildman–Crippen MR) is 76.6 cm³/mol. The number of benzene rings is 1. The summed E-state index contributed by atoms with van der Waals surface area (Å²) in [5.41, 5.74) is 3.79. The summed E-state index contributed by atoms with van der Waals surface area (Å²) in [5.74, 6) is 0.682. The number of likely N-dealkylation sites (tertiary alicyclic amines) is 1. The van der Waals surface area contributed by atoms with E-state index in [1.807, 2.05) is 4.90 Å². The van der Waals surface area contributed by atoms with Gasteiger partial charge in [0.25, 0.3) is 0 Å². The van der Waals surface area contributed by atoms with Crippen LogP contribution in [0.15, 0.2) is 24.3 Å². The molecule has 2 bridgehead atoms. The molecule has 1 amide bonds. The number of carbonyl (C=O) groups excluding carboxylic acids is 1. The van der Waals surface area contributed by atoms with Gasteiger partial charge in [-0.05, 0) is 31.2 Å². The Morgan fingerprint density at radius 1 is 1.40 bits per heavy atom. The third-order valence-corrected chi connectivity index (χ3v) is 4.77. The number of aromatic nitrogens is 1. The zero-order chi connectivity index (χ0) is 13.7. The minimum Gasteiger partial charge on any atom is -0.453 e. The third-order valence-electron chi connectivity index (χ3n) is 4.77. The highest BCUT2D eigenvalue weighted by Gasteiger charge is 2.39. The van der Waals surface area contributed by atoms with Crippen molar-refractivity contribution in [2.75, 3.05) is 13.7 Å². The molecular formula is C16H18N2O2. The van der Waals surface area contributed by atoms with E-state index in [1.54, 1.807) is 0 Å². The summed E-state index contributed by atoms with van der Waals surface area (Å²) in [6.45, 7) is 0.807. The average Bonchev–Trinajstić information content (AvgIpc) is 2.85. The van der Waals surface area contributed by atoms with Gasteiger partial charge in [0.2, 0.25) is 0 Å². The molecule has 1 N–H and O–H groups in total. The van der Waals surface area contributed by atoms with E-state index in [-0.39, 0.29) is 12.1 Å². The number of hydrogen-bond acceptors (Lipinski definition) is 2. The fraction of sp³-hybridized carbons (Fsp3) is 0.438. The predicted octanol–water partition coefficient (Wildman–Crippen LogP) is 3.24. The second-order valence-corrected chi connectivity index (χ2v) is 5.84. The molecule has 104 valence electrons. The smallest absolute Gasteiger partial charge is 0.409 e. The molecular weight excluding hydrogens is 252 g/mol. The van der Waals surface area contributed by atoms with Crippen LogP contribution in [0.5, 0.6) is 0 Å². The van der Waals surface area contributed by atoms with E-state index < -0.39 is 0 Å². The Bertz CT molecular complexity index is 676. The Morgan fingerprint density at radius 3 is 3.10 bits per heavy atom. The SMILES string of the molecule is COC(=O)N1CCC2Cc3[nH]c4ccccc4c3C1C2. The van der Waals surface area contributed by atoms with Crippen molar-refractivity contribution in [2.24, 2.45) is 5.92 Å². The fourth-order valence-corrected chi connectivity index (χ4v) is 3.88. The van der Waals surface area contributed by atoms with Crippen LogP contribution in [0, 0.1) is 5.92 Å². The third kappa shape index (κ3) is 1.57. The van der Waals surface area contributed by atoms with Crippen LogP contribution in [-0.2, 0) is 11.2 Å². The number of nitrogens with one attached hydrogen (secondary N) is 1. The molecule has 1 aromatic heterocycles. The van der Waals surface area contributed by atoms with Crippen LogP contribution in [0.3, 0.4) is 0 Å². The number of ether oxygens (including phenoxy) is 1. The van der Waals surface area contributed by atoms with Crippen LogP contribution >= 0.6 is 0 Å². The number of fused-ring (bicyclic) bond motifs is 6. The monoisotopic (exact) mass is 270 g/mol. The second kappa shape index (κ2) is 4.27. The Morgan fingerprint density at radius 2 is 2.25 bits per heavy atom. The molecule has 4 heteroatoms. The lowest BCUT2D eigenvalue weighted by Gasteiger charge is -2.42. The molecule has 0 spiro atoms. The number of H-pyrrole nitrogens is 1. The fourth-order valence-electron chi connectivity index (χ4n) is 3.88. The van der Waals surface area contributed by atoms with Crippen molar-refractivity contribution in [3.8, 4) is 0 Å². The zero-order valence-corrected chi connectivity index (χ0v) is 11.6. The maximum atomic E-state index is 12.0. The Kier molecular flexibility index (Phi) is 2.52. The first-order chi connectivity index (χ1) is 9.78. The lowest BCUT2D eigenvalue weighted by molar-refractivity contribution is 0.0702. The minimum absolute atomic E-state index is 0.168. The Hall–Kier alpha value is -1.97. The van der Waals surface area contributed by atoms with Crippen LogP contribution in [0.2, 0.25) is 0 Å². The van der Waals surface area contributed by atoms with Gasteiger partial charge in [-0.15, -0.1) is 0 Å². The molecule has 1 fully saturated rings. The van der Waals surface area contributed by atoms with Gasteiger partial charge >= 0.3 is 6.09 Å². The number of rotatable bonds is 0. The summed E-state index contributed by atoms with van der Waals surface area (Å²) >= 11 is 0. The number of piperidine rings is 1. The largest absolute Gasteiger partial charge is 0.453 e. The zero-order valence-electron chi connectivity index (χ0n) is 11.6. The number of methoxy groups -OCH3 is 1. The molecule has 1 aromatic carbocycles. The van der Waals surface area contributed by atoms with Crippen LogP contribution in [0.4, 0.5) is 4.79 Å². The van der Waals surface area contributed by atoms with Gasteiger partial charge in [-0.1, -0.05) is 18.2 Å². The topological polar surface area (TPSA) is 45.3 Å². The van der Waals surface area contributed by atoms with Gasteiger partial charge in [0.1, 0.15) is 0 Å². The molecule has 4 nitrogen and oxygen atoms in total. The van der Waals surface area contributed by atoms with Gasteiger partial charge < -0.3 is 14.6 Å². The minimum atomic E-state index is -0.202. The van der Waals surface area contributed by atoms with Gasteiger partial charge in [0, 0.05) is 28.7 Å². The molecule has 2 aliphatic rings. The maximum Gasteiger partial charge on any atom is 0.409 e. The normalized spacial score (nSPS) is 24.6. The van der Waals surface area contributed by atoms with Gasteiger partial charge in [-0.3, -0.25) is 0 Å².